The normalized spacial score (nSPS) is 22.5. The standard InChI is InChI=1S/C12H27N3Si3/c1-16(2,3)15-9-12(8-13-15)14-10-17(4,5)11-18(14,6)7/h8-9H,10-11H2,1-7H3. The molecule has 1 aromatic heterocycles. The highest BCUT2D eigenvalue weighted by atomic mass is 28.4. The maximum absolute atomic E-state index is 4.62. The monoisotopic (exact) mass is 297 g/mol. The molecule has 1 aromatic rings. The molecule has 2 heterocycles. The highest BCUT2D eigenvalue weighted by Crippen LogP contribution is 2.36. The minimum absolute atomic E-state index is 0.996. The Morgan fingerprint density at radius 1 is 1.17 bits per heavy atom. The molecular weight excluding hydrogens is 270 g/mol. The minimum Gasteiger partial charge on any atom is -0.398 e. The summed E-state index contributed by atoms with van der Waals surface area (Å²) in [4.78, 5) is 0. The van der Waals surface area contributed by atoms with Gasteiger partial charge in [0.2, 0.25) is 0 Å². The van der Waals surface area contributed by atoms with Gasteiger partial charge in [0.25, 0.3) is 0 Å². The van der Waals surface area contributed by atoms with E-state index in [1.165, 1.54) is 17.5 Å². The first-order valence-electron chi connectivity index (χ1n) is 6.84. The van der Waals surface area contributed by atoms with E-state index in [9.17, 15) is 0 Å². The molecule has 0 radical (unpaired) electrons. The van der Waals surface area contributed by atoms with Crippen molar-refractivity contribution >= 4 is 30.2 Å². The molecule has 3 nitrogen and oxygen atoms in total. The van der Waals surface area contributed by atoms with Crippen molar-refractivity contribution in [1.29, 1.82) is 0 Å². The molecule has 0 amide bonds. The van der Waals surface area contributed by atoms with Gasteiger partial charge in [-0.05, 0) is 25.3 Å². The Balaban J connectivity index is 2.30. The van der Waals surface area contributed by atoms with Gasteiger partial charge < -0.3 is 4.57 Å². The molecule has 102 valence electrons. The van der Waals surface area contributed by atoms with E-state index in [1.54, 1.807) is 0 Å². The maximum atomic E-state index is 4.62. The summed E-state index contributed by atoms with van der Waals surface area (Å²) in [7, 11) is -3.57. The van der Waals surface area contributed by atoms with E-state index in [4.69, 9.17) is 0 Å². The third-order valence-electron chi connectivity index (χ3n) is 3.80. The Labute approximate surface area is 114 Å². The zero-order valence-corrected chi connectivity index (χ0v) is 15.9. The van der Waals surface area contributed by atoms with E-state index in [1.807, 2.05) is 0 Å². The number of aromatic nitrogens is 2. The van der Waals surface area contributed by atoms with Crippen molar-refractivity contribution in [1.82, 2.24) is 9.45 Å². The molecule has 0 N–H and O–H groups in total. The van der Waals surface area contributed by atoms with E-state index in [2.05, 4.69) is 72.2 Å². The van der Waals surface area contributed by atoms with Crippen LogP contribution in [-0.2, 0) is 0 Å². The van der Waals surface area contributed by atoms with Crippen LogP contribution in [-0.4, -0.2) is 40.2 Å². The van der Waals surface area contributed by atoms with Gasteiger partial charge in [0.15, 0.2) is 8.24 Å². The molecule has 1 aliphatic heterocycles. The van der Waals surface area contributed by atoms with Gasteiger partial charge in [-0.15, -0.1) is 0 Å². The smallest absolute Gasteiger partial charge is 0.176 e. The second-order valence-corrected chi connectivity index (χ2v) is 23.1. The molecule has 0 spiro atoms. The number of nitrogens with zero attached hydrogens (tertiary/aromatic N) is 3. The van der Waals surface area contributed by atoms with Crippen LogP contribution in [0.2, 0.25) is 51.5 Å². The fourth-order valence-electron chi connectivity index (χ4n) is 3.22. The maximum Gasteiger partial charge on any atom is 0.176 e. The first-order valence-corrected chi connectivity index (χ1v) is 16.9. The molecule has 0 unspecified atom stereocenters. The Kier molecular flexibility index (Phi) is 3.19. The topological polar surface area (TPSA) is 21.1 Å². The van der Waals surface area contributed by atoms with Crippen LogP contribution in [0.15, 0.2) is 12.4 Å². The van der Waals surface area contributed by atoms with E-state index in [-0.39, 0.29) is 0 Å². The van der Waals surface area contributed by atoms with Crippen LogP contribution in [0.4, 0.5) is 5.69 Å². The van der Waals surface area contributed by atoms with Crippen LogP contribution >= 0.6 is 0 Å². The summed E-state index contributed by atoms with van der Waals surface area (Å²) in [5.41, 5.74) is 2.89. The Hall–Kier alpha value is -0.339. The number of hydrogen-bond acceptors (Lipinski definition) is 2. The largest absolute Gasteiger partial charge is 0.398 e. The average molecular weight is 298 g/mol. The van der Waals surface area contributed by atoms with Gasteiger partial charge in [0.05, 0.1) is 20.0 Å². The van der Waals surface area contributed by atoms with E-state index in [0.29, 0.717) is 0 Å². The summed E-state index contributed by atoms with van der Waals surface area (Å²) in [5.74, 6) is 0. The molecule has 0 aromatic carbocycles. The van der Waals surface area contributed by atoms with Crippen LogP contribution in [0.5, 0.6) is 0 Å². The van der Waals surface area contributed by atoms with Crippen molar-refractivity contribution in [2.45, 2.75) is 51.5 Å². The molecule has 2 rings (SSSR count). The molecule has 1 fully saturated rings. The molecule has 0 bridgehead atoms. The lowest BCUT2D eigenvalue weighted by Gasteiger charge is -2.31. The minimum atomic E-state index is -1.34. The lowest BCUT2D eigenvalue weighted by molar-refractivity contribution is 0.934. The van der Waals surface area contributed by atoms with Gasteiger partial charge in [-0.2, -0.15) is 5.10 Å². The number of rotatable bonds is 2. The lowest BCUT2D eigenvalue weighted by Crippen LogP contribution is -2.43. The van der Waals surface area contributed by atoms with Gasteiger partial charge in [-0.25, -0.2) is 0 Å². The van der Waals surface area contributed by atoms with Crippen LogP contribution in [0.25, 0.3) is 0 Å². The molecule has 0 atom stereocenters. The van der Waals surface area contributed by atoms with Crippen LogP contribution < -0.4 is 4.57 Å². The molecule has 18 heavy (non-hydrogen) atoms. The van der Waals surface area contributed by atoms with Crippen LogP contribution in [0.1, 0.15) is 0 Å². The fourth-order valence-corrected chi connectivity index (χ4v) is 19.6. The first-order chi connectivity index (χ1) is 8.01. The SMILES string of the molecule is C[Si]1(C)CN(c2cnn([Si](C)(C)C)c2)[Si](C)(C)C1. The average Bonchev–Trinajstić information content (AvgIpc) is 2.65. The molecule has 1 aliphatic rings. The second-order valence-electron chi connectivity index (χ2n) is 8.05. The van der Waals surface area contributed by atoms with Crippen molar-refractivity contribution in [3.63, 3.8) is 0 Å². The summed E-state index contributed by atoms with van der Waals surface area (Å²) in [6, 6.07) is 0. The Bertz CT molecular complexity index is 446. The Morgan fingerprint density at radius 2 is 1.78 bits per heavy atom. The fraction of sp³-hybridized carbons (Fsp3) is 0.750. The third kappa shape index (κ3) is 2.65. The number of anilines is 1. The Morgan fingerprint density at radius 3 is 2.17 bits per heavy atom. The third-order valence-corrected chi connectivity index (χ3v) is 16.1. The van der Waals surface area contributed by atoms with Gasteiger partial charge in [0, 0.05) is 12.4 Å². The van der Waals surface area contributed by atoms with Crippen molar-refractivity contribution in [3.8, 4) is 0 Å². The lowest BCUT2D eigenvalue weighted by atomic mass is 10.6. The van der Waals surface area contributed by atoms with E-state index >= 15 is 0 Å². The summed E-state index contributed by atoms with van der Waals surface area (Å²) in [6.45, 7) is 17.1. The summed E-state index contributed by atoms with van der Waals surface area (Å²) in [6.07, 6.45) is 5.73. The predicted octanol–water partition coefficient (Wildman–Crippen LogP) is 3.38. The van der Waals surface area contributed by atoms with Gasteiger partial charge in [0.1, 0.15) is 8.24 Å². The highest BCUT2D eigenvalue weighted by Gasteiger charge is 2.46. The predicted molar refractivity (Wildman–Crippen MR) is 88.1 cm³/mol. The van der Waals surface area contributed by atoms with E-state index < -0.39 is 24.5 Å². The molecule has 6 heteroatoms. The van der Waals surface area contributed by atoms with Gasteiger partial charge >= 0.3 is 0 Å². The van der Waals surface area contributed by atoms with Gasteiger partial charge in [-0.3, -0.25) is 4.35 Å². The second kappa shape index (κ2) is 4.08. The van der Waals surface area contributed by atoms with E-state index in [0.717, 1.165) is 0 Å². The van der Waals surface area contributed by atoms with Gasteiger partial charge in [-0.1, -0.05) is 26.2 Å². The summed E-state index contributed by atoms with van der Waals surface area (Å²) < 4.78 is 4.96. The molecule has 0 aliphatic carbocycles. The first kappa shape index (κ1) is 14.1. The summed E-state index contributed by atoms with van der Waals surface area (Å²) >= 11 is 0. The molecule has 1 saturated heterocycles. The van der Waals surface area contributed by atoms with Crippen molar-refractivity contribution < 1.29 is 0 Å². The zero-order valence-electron chi connectivity index (χ0n) is 12.9. The van der Waals surface area contributed by atoms with Crippen molar-refractivity contribution in [2.24, 2.45) is 0 Å². The molecule has 0 saturated carbocycles. The molecular formula is C12H27N3Si3. The van der Waals surface area contributed by atoms with Crippen molar-refractivity contribution in [2.75, 3.05) is 10.7 Å². The van der Waals surface area contributed by atoms with Crippen molar-refractivity contribution in [3.05, 3.63) is 12.4 Å². The quantitative estimate of drug-likeness (QED) is 0.780. The van der Waals surface area contributed by atoms with Crippen LogP contribution in [0, 0.1) is 0 Å². The number of hydrogen-bond donors (Lipinski definition) is 0. The highest BCUT2D eigenvalue weighted by molar-refractivity contribution is 7.02. The zero-order chi connectivity index (χ0) is 13.8. The summed E-state index contributed by atoms with van der Waals surface area (Å²) in [5, 5.41) is 4.62. The van der Waals surface area contributed by atoms with Crippen LogP contribution in [0.3, 0.4) is 0 Å².